The molecular weight excluding hydrogens is 375 g/mol. The van der Waals surface area contributed by atoms with Gasteiger partial charge in [0.2, 0.25) is 5.95 Å². The molecule has 26 heavy (non-hydrogen) atoms. The Hall–Kier alpha value is -2.28. The van der Waals surface area contributed by atoms with E-state index in [-0.39, 0.29) is 5.56 Å². The number of morpholine rings is 1. The Labute approximate surface area is 159 Å². The fourth-order valence-electron chi connectivity index (χ4n) is 2.97. The highest BCUT2D eigenvalue weighted by atomic mass is 35.5. The summed E-state index contributed by atoms with van der Waals surface area (Å²) in [5, 5.41) is 4.58. The van der Waals surface area contributed by atoms with Gasteiger partial charge in [-0.15, -0.1) is 0 Å². The fourth-order valence-corrected chi connectivity index (χ4v) is 3.49. The molecule has 0 atom stereocenters. The largest absolute Gasteiger partial charge is 0.378 e. The molecule has 0 radical (unpaired) electrons. The molecule has 2 N–H and O–H groups in total. The highest BCUT2D eigenvalue weighted by Gasteiger charge is 2.13. The minimum Gasteiger partial charge on any atom is -0.378 e. The topological polar surface area (TPSA) is 70.2 Å². The van der Waals surface area contributed by atoms with Crippen molar-refractivity contribution in [3.05, 3.63) is 56.8 Å². The molecule has 134 valence electrons. The van der Waals surface area contributed by atoms with E-state index in [0.717, 1.165) is 18.8 Å². The predicted octanol–water partition coefficient (Wildman–Crippen LogP) is 3.81. The SMILES string of the molecule is O=c1[nH]c(Nc2cc(Cl)cc(Cl)c2)nc2cc(N3CCOCC3)ccc12. The van der Waals surface area contributed by atoms with Crippen molar-refractivity contribution >= 4 is 51.4 Å². The minimum absolute atomic E-state index is 0.209. The number of anilines is 3. The maximum atomic E-state index is 12.4. The van der Waals surface area contributed by atoms with Gasteiger partial charge in [0.05, 0.1) is 24.1 Å². The summed E-state index contributed by atoms with van der Waals surface area (Å²) in [5.74, 6) is 0.333. The predicted molar refractivity (Wildman–Crippen MR) is 105 cm³/mol. The molecule has 1 aliphatic rings. The van der Waals surface area contributed by atoms with Crippen LogP contribution in [0.1, 0.15) is 0 Å². The number of hydrogen-bond donors (Lipinski definition) is 2. The summed E-state index contributed by atoms with van der Waals surface area (Å²) in [5.41, 5.74) is 2.08. The maximum Gasteiger partial charge on any atom is 0.260 e. The Balaban J connectivity index is 1.70. The van der Waals surface area contributed by atoms with E-state index in [1.807, 2.05) is 12.1 Å². The van der Waals surface area contributed by atoms with Gasteiger partial charge in [0.25, 0.3) is 5.56 Å². The summed E-state index contributed by atoms with van der Waals surface area (Å²) in [7, 11) is 0. The Morgan fingerprint density at radius 1 is 1.08 bits per heavy atom. The minimum atomic E-state index is -0.209. The van der Waals surface area contributed by atoms with Crippen LogP contribution in [0.5, 0.6) is 0 Å². The number of rotatable bonds is 3. The lowest BCUT2D eigenvalue weighted by Crippen LogP contribution is -2.36. The van der Waals surface area contributed by atoms with Crippen molar-refractivity contribution in [1.82, 2.24) is 9.97 Å². The van der Waals surface area contributed by atoms with Crippen LogP contribution in [-0.2, 0) is 4.74 Å². The maximum absolute atomic E-state index is 12.4. The third-order valence-corrected chi connectivity index (χ3v) is 4.63. The normalized spacial score (nSPS) is 14.6. The van der Waals surface area contributed by atoms with E-state index in [9.17, 15) is 4.79 Å². The second-order valence-corrected chi connectivity index (χ2v) is 6.87. The van der Waals surface area contributed by atoms with Crippen LogP contribution in [-0.4, -0.2) is 36.3 Å². The third-order valence-electron chi connectivity index (χ3n) is 4.19. The number of benzene rings is 2. The number of halogens is 2. The van der Waals surface area contributed by atoms with Gasteiger partial charge in [-0.25, -0.2) is 4.98 Å². The monoisotopic (exact) mass is 390 g/mol. The first kappa shape index (κ1) is 17.1. The molecule has 0 spiro atoms. The lowest BCUT2D eigenvalue weighted by atomic mass is 10.2. The van der Waals surface area contributed by atoms with Crippen LogP contribution in [0.15, 0.2) is 41.2 Å². The van der Waals surface area contributed by atoms with Crippen LogP contribution >= 0.6 is 23.2 Å². The van der Waals surface area contributed by atoms with Crippen LogP contribution < -0.4 is 15.8 Å². The van der Waals surface area contributed by atoms with E-state index >= 15 is 0 Å². The summed E-state index contributed by atoms with van der Waals surface area (Å²) in [6.07, 6.45) is 0. The molecule has 0 amide bonds. The molecule has 4 rings (SSSR count). The first-order valence-corrected chi connectivity index (χ1v) is 8.94. The molecule has 0 aliphatic carbocycles. The summed E-state index contributed by atoms with van der Waals surface area (Å²) >= 11 is 12.0. The first-order chi connectivity index (χ1) is 12.6. The number of aromatic nitrogens is 2. The Kier molecular flexibility index (Phi) is 4.72. The summed E-state index contributed by atoms with van der Waals surface area (Å²) < 4.78 is 5.39. The molecule has 0 saturated carbocycles. The molecule has 6 nitrogen and oxygen atoms in total. The molecule has 2 aromatic carbocycles. The van der Waals surface area contributed by atoms with Crippen LogP contribution in [0.25, 0.3) is 10.9 Å². The van der Waals surface area contributed by atoms with Gasteiger partial charge in [-0.2, -0.15) is 0 Å². The molecular formula is C18H16Cl2N4O2. The quantitative estimate of drug-likeness (QED) is 0.711. The van der Waals surface area contributed by atoms with Gasteiger partial charge in [0.15, 0.2) is 0 Å². The molecule has 1 aromatic heterocycles. The van der Waals surface area contributed by atoms with E-state index in [1.165, 1.54) is 0 Å². The van der Waals surface area contributed by atoms with Crippen LogP contribution in [0, 0.1) is 0 Å². The number of H-pyrrole nitrogens is 1. The van der Waals surface area contributed by atoms with E-state index in [2.05, 4.69) is 20.2 Å². The molecule has 1 saturated heterocycles. The van der Waals surface area contributed by atoms with Crippen molar-refractivity contribution in [2.75, 3.05) is 36.5 Å². The van der Waals surface area contributed by atoms with Crippen molar-refractivity contribution in [3.8, 4) is 0 Å². The Bertz CT molecular complexity index is 995. The van der Waals surface area contributed by atoms with Gasteiger partial charge in [-0.05, 0) is 36.4 Å². The number of aromatic amines is 1. The fraction of sp³-hybridized carbons (Fsp3) is 0.222. The highest BCUT2D eigenvalue weighted by molar-refractivity contribution is 6.35. The summed E-state index contributed by atoms with van der Waals surface area (Å²) in [4.78, 5) is 21.9. The van der Waals surface area contributed by atoms with Crippen molar-refractivity contribution in [1.29, 1.82) is 0 Å². The molecule has 2 heterocycles. The second-order valence-electron chi connectivity index (χ2n) is 6.00. The zero-order chi connectivity index (χ0) is 18.1. The lowest BCUT2D eigenvalue weighted by Gasteiger charge is -2.28. The molecule has 0 bridgehead atoms. The van der Waals surface area contributed by atoms with Crippen molar-refractivity contribution < 1.29 is 4.74 Å². The smallest absolute Gasteiger partial charge is 0.260 e. The number of hydrogen-bond acceptors (Lipinski definition) is 5. The van der Waals surface area contributed by atoms with Gasteiger partial charge in [-0.3, -0.25) is 9.78 Å². The molecule has 0 unspecified atom stereocenters. The Morgan fingerprint density at radius 2 is 1.81 bits per heavy atom. The summed E-state index contributed by atoms with van der Waals surface area (Å²) in [6.45, 7) is 3.04. The lowest BCUT2D eigenvalue weighted by molar-refractivity contribution is 0.122. The van der Waals surface area contributed by atoms with Gasteiger partial charge in [0, 0.05) is 34.5 Å². The van der Waals surface area contributed by atoms with E-state index in [1.54, 1.807) is 24.3 Å². The van der Waals surface area contributed by atoms with Crippen molar-refractivity contribution in [2.24, 2.45) is 0 Å². The van der Waals surface area contributed by atoms with Crippen molar-refractivity contribution in [2.45, 2.75) is 0 Å². The van der Waals surface area contributed by atoms with E-state index in [4.69, 9.17) is 27.9 Å². The second kappa shape index (κ2) is 7.15. The number of fused-ring (bicyclic) bond motifs is 1. The van der Waals surface area contributed by atoms with Crippen LogP contribution in [0.2, 0.25) is 10.0 Å². The van der Waals surface area contributed by atoms with Gasteiger partial charge < -0.3 is 15.0 Å². The molecule has 3 aromatic rings. The van der Waals surface area contributed by atoms with Gasteiger partial charge >= 0.3 is 0 Å². The average Bonchev–Trinajstić information content (AvgIpc) is 2.61. The number of nitrogens with zero attached hydrogens (tertiary/aromatic N) is 2. The molecule has 1 fully saturated rings. The van der Waals surface area contributed by atoms with Crippen molar-refractivity contribution in [3.63, 3.8) is 0 Å². The zero-order valence-corrected chi connectivity index (χ0v) is 15.3. The van der Waals surface area contributed by atoms with E-state index < -0.39 is 0 Å². The zero-order valence-electron chi connectivity index (χ0n) is 13.8. The van der Waals surface area contributed by atoms with E-state index in [0.29, 0.717) is 45.8 Å². The molecule has 8 heteroatoms. The standard InChI is InChI=1S/C18H16Cl2N4O2/c19-11-7-12(20)9-13(8-11)21-18-22-16-10-14(24-3-5-26-6-4-24)1-2-15(16)17(25)23-18/h1-2,7-10H,3-6H2,(H2,21,22,23,25). The number of nitrogens with one attached hydrogen (secondary N) is 2. The first-order valence-electron chi connectivity index (χ1n) is 8.18. The Morgan fingerprint density at radius 3 is 2.54 bits per heavy atom. The summed E-state index contributed by atoms with van der Waals surface area (Å²) in [6, 6.07) is 10.7. The highest BCUT2D eigenvalue weighted by Crippen LogP contribution is 2.25. The van der Waals surface area contributed by atoms with Gasteiger partial charge in [-0.1, -0.05) is 23.2 Å². The third kappa shape index (κ3) is 3.62. The van der Waals surface area contributed by atoms with Crippen LogP contribution in [0.4, 0.5) is 17.3 Å². The molecule has 1 aliphatic heterocycles. The number of ether oxygens (including phenoxy) is 1. The van der Waals surface area contributed by atoms with Gasteiger partial charge in [0.1, 0.15) is 0 Å². The average molecular weight is 391 g/mol. The van der Waals surface area contributed by atoms with Crippen LogP contribution in [0.3, 0.4) is 0 Å².